The highest BCUT2D eigenvalue weighted by Gasteiger charge is 2.26. The molecular weight excluding hydrogens is 459 g/mol. The van der Waals surface area contributed by atoms with E-state index in [2.05, 4.69) is 9.71 Å². The Morgan fingerprint density at radius 1 is 1.23 bits per heavy atom. The summed E-state index contributed by atoms with van der Waals surface area (Å²) in [5, 5.41) is 8.90. The number of hydrogen-bond donors (Lipinski definition) is 1. The highest BCUT2D eigenvalue weighted by atomic mass is 32.2. The molecule has 0 saturated heterocycles. The second-order valence-corrected chi connectivity index (χ2v) is 11.1. The number of rotatable bonds is 9. The summed E-state index contributed by atoms with van der Waals surface area (Å²) in [5.74, 6) is 0.690. The molecule has 0 amide bonds. The molecule has 2 heterocycles. The van der Waals surface area contributed by atoms with Gasteiger partial charge in [0.15, 0.2) is 5.82 Å². The van der Waals surface area contributed by atoms with Gasteiger partial charge in [-0.1, -0.05) is 6.42 Å². The van der Waals surface area contributed by atoms with Crippen LogP contribution in [0.1, 0.15) is 35.4 Å². The van der Waals surface area contributed by atoms with E-state index in [1.165, 1.54) is 51.9 Å². The molecule has 1 aromatic carbocycles. The number of nitriles is 1. The van der Waals surface area contributed by atoms with E-state index in [1.807, 2.05) is 13.0 Å². The lowest BCUT2D eigenvalue weighted by molar-refractivity contribution is 0.460. The van der Waals surface area contributed by atoms with Gasteiger partial charge in [-0.05, 0) is 56.7 Å². The minimum Gasteiger partial charge on any atom is -0.261 e. The first-order valence-corrected chi connectivity index (χ1v) is 12.8. The van der Waals surface area contributed by atoms with Gasteiger partial charge in [-0.15, -0.1) is 23.1 Å². The smallest absolute Gasteiger partial charge is 0.261 e. The number of anilines is 1. The molecule has 0 saturated carbocycles. The van der Waals surface area contributed by atoms with E-state index in [-0.39, 0.29) is 17.4 Å². The van der Waals surface area contributed by atoms with Crippen molar-refractivity contribution in [2.24, 2.45) is 0 Å². The van der Waals surface area contributed by atoms with Crippen LogP contribution in [0, 0.1) is 25.2 Å². The molecule has 3 rings (SSSR count). The maximum atomic E-state index is 12.9. The number of imidazole rings is 1. The molecule has 2 aliphatic rings. The second kappa shape index (κ2) is 9.80. The van der Waals surface area contributed by atoms with Gasteiger partial charge >= 0.3 is 5.69 Å². The summed E-state index contributed by atoms with van der Waals surface area (Å²) >= 11 is 2.97. The Bertz CT molecular complexity index is 1240. The third kappa shape index (κ3) is 5.08. The van der Waals surface area contributed by atoms with E-state index < -0.39 is 15.7 Å². The Morgan fingerprint density at radius 3 is 2.58 bits per heavy atom. The van der Waals surface area contributed by atoms with Crippen LogP contribution in [-0.4, -0.2) is 30.4 Å². The van der Waals surface area contributed by atoms with Crippen molar-refractivity contribution in [2.75, 3.05) is 17.1 Å². The first-order valence-electron chi connectivity index (χ1n) is 9.53. The molecule has 164 valence electrons. The minimum atomic E-state index is -4.01. The second-order valence-electron chi connectivity index (χ2n) is 6.80. The zero-order valence-electron chi connectivity index (χ0n) is 17.0. The maximum Gasteiger partial charge on any atom is 0.354 e. The molecule has 1 aromatic rings. The number of fused-ring (bicyclic) bond motifs is 1. The Hall–Kier alpha value is -2.42. The van der Waals surface area contributed by atoms with Gasteiger partial charge in [0.05, 0.1) is 27.4 Å². The average molecular weight is 481 g/mol. The highest BCUT2D eigenvalue weighted by Crippen LogP contribution is 2.38. The molecular formula is C20H21FN4O3S3. The minimum absolute atomic E-state index is 0.0278. The molecule has 0 aromatic heterocycles. The summed E-state index contributed by atoms with van der Waals surface area (Å²) in [6.45, 7) is 3.34. The monoisotopic (exact) mass is 480 g/mol. The van der Waals surface area contributed by atoms with Gasteiger partial charge in [-0.2, -0.15) is 10.2 Å². The molecule has 0 radical (unpaired) electrons. The average Bonchev–Trinajstić information content (AvgIpc) is 3.06. The van der Waals surface area contributed by atoms with Crippen LogP contribution >= 0.6 is 23.1 Å². The summed E-state index contributed by atoms with van der Waals surface area (Å²) in [5.41, 5.74) is 0.904. The van der Waals surface area contributed by atoms with Gasteiger partial charge in [0.2, 0.25) is 0 Å². The number of nitrogens with zero attached hydrogens (tertiary/aromatic N) is 3. The Kier molecular flexibility index (Phi) is 7.35. The molecule has 0 fully saturated rings. The SMILES string of the molecule is Cc1sc(SCCCCCF)c2c(NS(=O)(=O)c3ccc(C#N)cc3)nc(=O)n-2c1C. The normalized spacial score (nSPS) is 11.5. The Balaban J connectivity index is 1.98. The van der Waals surface area contributed by atoms with Crippen LogP contribution in [0.25, 0.3) is 5.69 Å². The molecule has 11 heteroatoms. The van der Waals surface area contributed by atoms with E-state index >= 15 is 0 Å². The van der Waals surface area contributed by atoms with Crippen LogP contribution < -0.4 is 10.4 Å². The summed E-state index contributed by atoms with van der Waals surface area (Å²) in [6.07, 6.45) is 2.09. The largest absolute Gasteiger partial charge is 0.354 e. The summed E-state index contributed by atoms with van der Waals surface area (Å²) in [7, 11) is -4.01. The lowest BCUT2D eigenvalue weighted by Crippen LogP contribution is -2.17. The van der Waals surface area contributed by atoms with Crippen molar-refractivity contribution >= 4 is 38.9 Å². The fraction of sp³-hybridized carbons (Fsp3) is 0.350. The van der Waals surface area contributed by atoms with Crippen molar-refractivity contribution < 1.29 is 12.8 Å². The van der Waals surface area contributed by atoms with Crippen molar-refractivity contribution in [1.82, 2.24) is 9.55 Å². The van der Waals surface area contributed by atoms with Gasteiger partial charge in [-0.25, -0.2) is 13.2 Å². The number of halogens is 1. The van der Waals surface area contributed by atoms with E-state index in [4.69, 9.17) is 5.26 Å². The molecule has 0 spiro atoms. The molecule has 0 atom stereocenters. The van der Waals surface area contributed by atoms with Crippen molar-refractivity contribution in [3.05, 3.63) is 50.9 Å². The van der Waals surface area contributed by atoms with Crippen LogP contribution in [0.2, 0.25) is 0 Å². The fourth-order valence-corrected chi connectivity index (χ4v) is 6.45. The summed E-state index contributed by atoms with van der Waals surface area (Å²) in [6, 6.07) is 7.42. The number of hydrogen-bond acceptors (Lipinski definition) is 7. The van der Waals surface area contributed by atoms with Gasteiger partial charge < -0.3 is 0 Å². The van der Waals surface area contributed by atoms with Crippen LogP contribution in [0.15, 0.2) is 38.2 Å². The highest BCUT2D eigenvalue weighted by molar-refractivity contribution is 8.01. The van der Waals surface area contributed by atoms with Crippen LogP contribution in [0.3, 0.4) is 0 Å². The molecule has 0 aliphatic carbocycles. The van der Waals surface area contributed by atoms with Crippen molar-refractivity contribution in [2.45, 2.75) is 42.2 Å². The number of thioether (sulfide) groups is 1. The molecule has 2 aliphatic heterocycles. The molecule has 0 unspecified atom stereocenters. The van der Waals surface area contributed by atoms with Crippen LogP contribution in [-0.2, 0) is 10.0 Å². The topological polar surface area (TPSA) is 105 Å². The van der Waals surface area contributed by atoms with Gasteiger partial charge in [0.25, 0.3) is 10.0 Å². The lowest BCUT2D eigenvalue weighted by Gasteiger charge is -2.16. The maximum absolute atomic E-state index is 12.9. The number of sulfonamides is 1. The zero-order chi connectivity index (χ0) is 22.6. The standard InChI is InChI=1S/C20H21FN4O3S3/c1-13-14(2)30-19(29-11-5-3-4-10-21)17-18(23-20(26)25(13)17)24-31(27,28)16-8-6-15(12-22)7-9-16/h6-9H,3-5,10-11H2,1-2H3,(H,23,24,26). The van der Waals surface area contributed by atoms with E-state index in [1.54, 1.807) is 6.92 Å². The van der Waals surface area contributed by atoms with Gasteiger partial charge in [-0.3, -0.25) is 13.7 Å². The lowest BCUT2D eigenvalue weighted by atomic mass is 10.2. The van der Waals surface area contributed by atoms with Crippen molar-refractivity contribution in [1.29, 1.82) is 5.26 Å². The van der Waals surface area contributed by atoms with E-state index in [0.717, 1.165) is 27.7 Å². The molecule has 0 bridgehead atoms. The van der Waals surface area contributed by atoms with Gasteiger partial charge in [0, 0.05) is 10.6 Å². The molecule has 7 nitrogen and oxygen atoms in total. The first kappa shape index (κ1) is 23.2. The van der Waals surface area contributed by atoms with Gasteiger partial charge in [0.1, 0.15) is 5.69 Å². The predicted octanol–water partition coefficient (Wildman–Crippen LogP) is 4.25. The quantitative estimate of drug-likeness (QED) is 0.363. The Morgan fingerprint density at radius 2 is 1.94 bits per heavy atom. The van der Waals surface area contributed by atoms with Crippen molar-refractivity contribution in [3.63, 3.8) is 0 Å². The summed E-state index contributed by atoms with van der Waals surface area (Å²) < 4.78 is 42.7. The molecule has 31 heavy (non-hydrogen) atoms. The number of aryl methyl sites for hydroxylation is 1. The molecule has 1 N–H and O–H groups in total. The first-order chi connectivity index (χ1) is 14.8. The fourth-order valence-electron chi connectivity index (χ4n) is 2.92. The number of unbranched alkanes of at least 4 members (excludes halogenated alkanes) is 2. The number of alkyl halides is 1. The van der Waals surface area contributed by atoms with Crippen LogP contribution in [0.4, 0.5) is 10.2 Å². The number of benzene rings is 1. The third-order valence-corrected chi connectivity index (χ3v) is 8.55. The van der Waals surface area contributed by atoms with E-state index in [9.17, 15) is 17.6 Å². The summed E-state index contributed by atoms with van der Waals surface area (Å²) in [4.78, 5) is 17.4. The third-order valence-electron chi connectivity index (χ3n) is 4.67. The Labute approximate surface area is 188 Å². The number of aromatic nitrogens is 2. The predicted molar refractivity (Wildman–Crippen MR) is 121 cm³/mol. The van der Waals surface area contributed by atoms with E-state index in [0.29, 0.717) is 23.4 Å². The number of nitrogens with one attached hydrogen (secondary N) is 1. The zero-order valence-corrected chi connectivity index (χ0v) is 19.5. The van der Waals surface area contributed by atoms with Crippen molar-refractivity contribution in [3.8, 4) is 11.8 Å². The van der Waals surface area contributed by atoms with Crippen LogP contribution in [0.5, 0.6) is 0 Å².